The summed E-state index contributed by atoms with van der Waals surface area (Å²) in [5, 5.41) is 44.9. The molecule has 0 aliphatic heterocycles. The number of carbonyl (C=O) groups excluding carboxylic acids is 3. The Morgan fingerprint density at radius 2 is 1.86 bits per heavy atom. The maximum Gasteiger partial charge on any atom is 0.209 e. The fraction of sp³-hybridized carbons (Fsp3) is 0.519. The molecule has 1 aromatic carbocycles. The monoisotopic (exact) mass is 484 g/mol. The molecule has 3 aliphatic carbocycles. The van der Waals surface area contributed by atoms with E-state index in [9.17, 15) is 34.8 Å². The molecule has 1 aromatic rings. The number of hydrogen-bond acceptors (Lipinski definition) is 8. The molecule has 3 aliphatic rings. The quantitative estimate of drug-likeness (QED) is 0.467. The van der Waals surface area contributed by atoms with Gasteiger partial charge >= 0.3 is 0 Å². The Kier molecular flexibility index (Phi) is 6.18. The first kappa shape index (κ1) is 25.1. The van der Waals surface area contributed by atoms with Crippen molar-refractivity contribution in [2.24, 2.45) is 23.7 Å². The normalized spacial score (nSPS) is 28.3. The molecule has 0 bridgehead atoms. The molecule has 8 nitrogen and oxygen atoms in total. The van der Waals surface area contributed by atoms with E-state index in [1.165, 1.54) is 7.11 Å². The fourth-order valence-electron chi connectivity index (χ4n) is 6.38. The molecule has 4 atom stereocenters. The highest BCUT2D eigenvalue weighted by Gasteiger charge is 2.62. The van der Waals surface area contributed by atoms with Crippen molar-refractivity contribution in [1.82, 2.24) is 0 Å². The number of ether oxygens (including phenoxy) is 1. The highest BCUT2D eigenvalue weighted by molar-refractivity contribution is 6.25. The molecule has 8 heteroatoms. The molecule has 4 N–H and O–H groups in total. The van der Waals surface area contributed by atoms with Gasteiger partial charge in [-0.3, -0.25) is 14.4 Å². The van der Waals surface area contributed by atoms with Crippen LogP contribution in [-0.2, 0) is 33.8 Å². The van der Waals surface area contributed by atoms with Crippen molar-refractivity contribution in [3.05, 3.63) is 51.0 Å². The van der Waals surface area contributed by atoms with Gasteiger partial charge in [0.05, 0.1) is 12.2 Å². The highest BCUT2D eigenvalue weighted by Crippen LogP contribution is 2.55. The minimum Gasteiger partial charge on any atom is -0.511 e. The number of aryl methyl sites for hydroxylation is 1. The average Bonchev–Trinajstić information content (AvgIpc) is 2.77. The van der Waals surface area contributed by atoms with Gasteiger partial charge in [0, 0.05) is 30.1 Å². The van der Waals surface area contributed by atoms with E-state index in [4.69, 9.17) is 4.74 Å². The highest BCUT2D eigenvalue weighted by atomic mass is 16.5. The standard InChI is InChI=1S/C27H32O8/c1-6-13-7-15(10-35-5)22(29)21-16(13)8-14-9-17-18(11(2)3)23(30)19(12(4)28)25(32)27(17,34)26(33)20(14)24(21)31/h7,11,14,17-18,29-30,33-34H,6,8-10H2,1-5H3. The van der Waals surface area contributed by atoms with Crippen molar-refractivity contribution in [3.8, 4) is 5.75 Å². The molecule has 0 saturated carbocycles. The van der Waals surface area contributed by atoms with Crippen LogP contribution in [0.4, 0.5) is 0 Å². The number of rotatable bonds is 5. The van der Waals surface area contributed by atoms with Gasteiger partial charge in [-0.1, -0.05) is 20.8 Å². The van der Waals surface area contributed by atoms with Gasteiger partial charge < -0.3 is 25.2 Å². The Bertz CT molecular complexity index is 1200. The molecular formula is C27H32O8. The van der Waals surface area contributed by atoms with Crippen molar-refractivity contribution < 1.29 is 39.5 Å². The largest absolute Gasteiger partial charge is 0.511 e. The number of Topliss-reactive ketones (excluding diaryl/α,β-unsaturated/α-hetero) is 3. The smallest absolute Gasteiger partial charge is 0.209 e. The number of methoxy groups -OCH3 is 1. The summed E-state index contributed by atoms with van der Waals surface area (Å²) in [6.07, 6.45) is 1.07. The van der Waals surface area contributed by atoms with E-state index >= 15 is 0 Å². The van der Waals surface area contributed by atoms with E-state index in [0.29, 0.717) is 24.0 Å². The Morgan fingerprint density at radius 3 is 2.40 bits per heavy atom. The van der Waals surface area contributed by atoms with E-state index in [1.54, 1.807) is 13.8 Å². The first-order valence-corrected chi connectivity index (χ1v) is 12.0. The number of carbonyl (C=O) groups is 3. The zero-order chi connectivity index (χ0) is 26.0. The van der Waals surface area contributed by atoms with E-state index in [1.807, 2.05) is 13.0 Å². The number of allylic oxidation sites excluding steroid dienone is 2. The second-order valence-corrected chi connectivity index (χ2v) is 10.2. The second-order valence-electron chi connectivity index (χ2n) is 10.2. The van der Waals surface area contributed by atoms with Gasteiger partial charge in [-0.15, -0.1) is 0 Å². The van der Waals surface area contributed by atoms with E-state index in [2.05, 4.69) is 0 Å². The molecule has 0 spiro atoms. The summed E-state index contributed by atoms with van der Waals surface area (Å²) in [7, 11) is 1.48. The predicted octanol–water partition coefficient (Wildman–Crippen LogP) is 3.28. The Balaban J connectivity index is 1.97. The van der Waals surface area contributed by atoms with Crippen LogP contribution in [0.5, 0.6) is 5.75 Å². The second kappa shape index (κ2) is 8.60. The summed E-state index contributed by atoms with van der Waals surface area (Å²) in [6.45, 7) is 6.75. The number of hydrogen-bond donors (Lipinski definition) is 4. The minimum atomic E-state index is -2.52. The summed E-state index contributed by atoms with van der Waals surface area (Å²) in [4.78, 5) is 39.4. The summed E-state index contributed by atoms with van der Waals surface area (Å²) in [5.74, 6) is -6.35. The molecule has 0 amide bonds. The van der Waals surface area contributed by atoms with Crippen LogP contribution in [0.15, 0.2) is 28.7 Å². The number of phenols is 1. The van der Waals surface area contributed by atoms with Crippen molar-refractivity contribution >= 4 is 17.3 Å². The fourth-order valence-corrected chi connectivity index (χ4v) is 6.38. The lowest BCUT2D eigenvalue weighted by molar-refractivity contribution is -0.149. The van der Waals surface area contributed by atoms with Crippen LogP contribution in [0.1, 0.15) is 61.2 Å². The Labute approximate surface area is 203 Å². The third-order valence-electron chi connectivity index (χ3n) is 7.93. The lowest BCUT2D eigenvalue weighted by Gasteiger charge is -2.50. The van der Waals surface area contributed by atoms with Crippen molar-refractivity contribution in [2.45, 2.75) is 59.2 Å². The number of aromatic hydroxyl groups is 1. The lowest BCUT2D eigenvalue weighted by atomic mass is 9.55. The van der Waals surface area contributed by atoms with Gasteiger partial charge in [0.1, 0.15) is 22.8 Å². The van der Waals surface area contributed by atoms with Gasteiger partial charge in [0.2, 0.25) is 5.78 Å². The molecule has 0 saturated heterocycles. The Hall–Kier alpha value is -2.97. The van der Waals surface area contributed by atoms with Crippen LogP contribution in [0.2, 0.25) is 0 Å². The topological polar surface area (TPSA) is 141 Å². The van der Waals surface area contributed by atoms with E-state index in [0.717, 1.165) is 12.5 Å². The number of ketones is 3. The summed E-state index contributed by atoms with van der Waals surface area (Å²) < 4.78 is 5.16. The maximum atomic E-state index is 13.8. The van der Waals surface area contributed by atoms with Gasteiger partial charge in [-0.05, 0) is 55.2 Å². The Morgan fingerprint density at radius 1 is 1.20 bits per heavy atom. The summed E-state index contributed by atoms with van der Waals surface area (Å²) in [6, 6.07) is 1.81. The van der Waals surface area contributed by atoms with Crippen LogP contribution in [0, 0.1) is 23.7 Å². The van der Waals surface area contributed by atoms with E-state index in [-0.39, 0.29) is 41.6 Å². The third kappa shape index (κ3) is 3.37. The molecule has 4 unspecified atom stereocenters. The van der Waals surface area contributed by atoms with Gasteiger partial charge in [-0.25, -0.2) is 0 Å². The van der Waals surface area contributed by atoms with Crippen LogP contribution in [0.25, 0.3) is 0 Å². The SMILES string of the molecule is CCc1cc(COC)c(O)c2c1CC1CC3C(C(C)C)C(O)=C(C(C)=O)C(=O)C3(O)C(O)=C1C2=O. The van der Waals surface area contributed by atoms with Gasteiger partial charge in [-0.2, -0.15) is 0 Å². The van der Waals surface area contributed by atoms with Crippen LogP contribution in [0.3, 0.4) is 0 Å². The molecule has 0 heterocycles. The third-order valence-corrected chi connectivity index (χ3v) is 7.93. The van der Waals surface area contributed by atoms with Crippen molar-refractivity contribution in [1.29, 1.82) is 0 Å². The average molecular weight is 485 g/mol. The first-order chi connectivity index (χ1) is 16.4. The molecule has 188 valence electrons. The molecule has 0 aromatic heterocycles. The lowest BCUT2D eigenvalue weighted by Crippen LogP contribution is -2.60. The van der Waals surface area contributed by atoms with Crippen molar-refractivity contribution in [3.63, 3.8) is 0 Å². The number of fused-ring (bicyclic) bond motifs is 3. The molecule has 4 rings (SSSR count). The first-order valence-electron chi connectivity index (χ1n) is 12.0. The molecule has 0 fully saturated rings. The molecule has 0 radical (unpaired) electrons. The number of aliphatic hydroxyl groups excluding tert-OH is 2. The van der Waals surface area contributed by atoms with Gasteiger partial charge in [0.25, 0.3) is 0 Å². The molecule has 35 heavy (non-hydrogen) atoms. The molecular weight excluding hydrogens is 452 g/mol. The van der Waals surface area contributed by atoms with Crippen LogP contribution < -0.4 is 0 Å². The minimum absolute atomic E-state index is 0.0464. The number of aliphatic hydroxyl groups is 3. The summed E-state index contributed by atoms with van der Waals surface area (Å²) in [5.41, 5.74) is -1.16. The van der Waals surface area contributed by atoms with Crippen LogP contribution in [-0.4, -0.2) is 50.5 Å². The number of phenolic OH excluding ortho intramolecular Hbond substituents is 1. The van der Waals surface area contributed by atoms with E-state index < -0.39 is 52.0 Å². The zero-order valence-electron chi connectivity index (χ0n) is 20.6. The van der Waals surface area contributed by atoms with Crippen LogP contribution >= 0.6 is 0 Å². The number of benzene rings is 1. The summed E-state index contributed by atoms with van der Waals surface area (Å²) >= 11 is 0. The van der Waals surface area contributed by atoms with Crippen molar-refractivity contribution in [2.75, 3.05) is 7.11 Å². The van der Waals surface area contributed by atoms with Gasteiger partial charge in [0.15, 0.2) is 17.2 Å². The predicted molar refractivity (Wildman–Crippen MR) is 126 cm³/mol. The zero-order valence-corrected chi connectivity index (χ0v) is 20.6. The maximum absolute atomic E-state index is 13.8.